The van der Waals surface area contributed by atoms with Gasteiger partial charge in [0.1, 0.15) is 0 Å². The van der Waals surface area contributed by atoms with Crippen LogP contribution in [0.1, 0.15) is 44.7 Å². The van der Waals surface area contributed by atoms with Gasteiger partial charge < -0.3 is 5.32 Å². The average Bonchev–Trinajstić information content (AvgIpc) is 2.85. The molecule has 1 aliphatic carbocycles. The van der Waals surface area contributed by atoms with E-state index in [0.29, 0.717) is 17.7 Å². The summed E-state index contributed by atoms with van der Waals surface area (Å²) in [5, 5.41) is 3.06. The Labute approximate surface area is 137 Å². The van der Waals surface area contributed by atoms with E-state index in [1.807, 2.05) is 44.2 Å². The number of fused-ring (bicyclic) bond motifs is 1. The standard InChI is InChI=1S/C18H23NO3S/c1-12-8-9-16(15-10-11-23(21,22)17(12)15)18(20)19-13(2)14-6-4-3-5-7-14/h3-7,13,15-16H,8-11H2,1-2H3,(H,19,20)/t13-,15?,16?/m0/s1. The highest BCUT2D eigenvalue weighted by Gasteiger charge is 2.45. The lowest BCUT2D eigenvalue weighted by Crippen LogP contribution is -2.38. The molecule has 124 valence electrons. The van der Waals surface area contributed by atoms with Crippen LogP contribution in [0.15, 0.2) is 40.8 Å². The van der Waals surface area contributed by atoms with Crippen LogP contribution < -0.4 is 5.32 Å². The molecule has 3 rings (SSSR count). The molecule has 1 amide bonds. The fourth-order valence-electron chi connectivity index (χ4n) is 3.88. The van der Waals surface area contributed by atoms with E-state index in [0.717, 1.165) is 17.6 Å². The first kappa shape index (κ1) is 16.2. The molecule has 3 atom stereocenters. The smallest absolute Gasteiger partial charge is 0.224 e. The van der Waals surface area contributed by atoms with Gasteiger partial charge in [-0.2, -0.15) is 0 Å². The molecule has 0 aromatic heterocycles. The molecule has 0 bridgehead atoms. The van der Waals surface area contributed by atoms with Crippen molar-refractivity contribution in [2.24, 2.45) is 11.8 Å². The Balaban J connectivity index is 1.77. The third kappa shape index (κ3) is 3.07. The molecule has 1 aromatic rings. The van der Waals surface area contributed by atoms with Crippen LogP contribution in [0.5, 0.6) is 0 Å². The van der Waals surface area contributed by atoms with Crippen molar-refractivity contribution in [1.29, 1.82) is 0 Å². The van der Waals surface area contributed by atoms with Crippen molar-refractivity contribution in [3.63, 3.8) is 0 Å². The van der Waals surface area contributed by atoms with Crippen LogP contribution in [0.25, 0.3) is 0 Å². The lowest BCUT2D eigenvalue weighted by molar-refractivity contribution is -0.127. The van der Waals surface area contributed by atoms with Crippen LogP contribution in [0.4, 0.5) is 0 Å². The van der Waals surface area contributed by atoms with E-state index in [1.54, 1.807) is 0 Å². The molecule has 23 heavy (non-hydrogen) atoms. The normalized spacial score (nSPS) is 27.4. The van der Waals surface area contributed by atoms with Crippen molar-refractivity contribution in [3.05, 3.63) is 46.4 Å². The van der Waals surface area contributed by atoms with E-state index >= 15 is 0 Å². The molecule has 2 aliphatic rings. The zero-order chi connectivity index (χ0) is 16.6. The molecule has 1 saturated heterocycles. The maximum absolute atomic E-state index is 12.7. The molecule has 1 aliphatic heterocycles. The minimum Gasteiger partial charge on any atom is -0.349 e. The first-order chi connectivity index (χ1) is 10.9. The quantitative estimate of drug-likeness (QED) is 0.925. The first-order valence-corrected chi connectivity index (χ1v) is 9.83. The summed E-state index contributed by atoms with van der Waals surface area (Å²) in [6, 6.07) is 9.75. The highest BCUT2D eigenvalue weighted by molar-refractivity contribution is 7.95. The molecule has 1 aromatic carbocycles. The summed E-state index contributed by atoms with van der Waals surface area (Å²) in [7, 11) is -3.14. The van der Waals surface area contributed by atoms with Gasteiger partial charge in [0.25, 0.3) is 0 Å². The Bertz CT molecular complexity index is 737. The van der Waals surface area contributed by atoms with Gasteiger partial charge in [-0.3, -0.25) is 4.79 Å². The van der Waals surface area contributed by atoms with Gasteiger partial charge in [-0.05, 0) is 38.7 Å². The van der Waals surface area contributed by atoms with Crippen LogP contribution in [0.2, 0.25) is 0 Å². The predicted molar refractivity (Wildman–Crippen MR) is 90.3 cm³/mol. The fraction of sp³-hybridized carbons (Fsp3) is 0.500. The molecule has 1 fully saturated rings. The number of hydrogen-bond acceptors (Lipinski definition) is 3. The lowest BCUT2D eigenvalue weighted by atomic mass is 9.79. The van der Waals surface area contributed by atoms with E-state index in [4.69, 9.17) is 0 Å². The van der Waals surface area contributed by atoms with Crippen LogP contribution >= 0.6 is 0 Å². The molecule has 2 unspecified atom stereocenters. The number of carbonyl (C=O) groups is 1. The number of hydrogen-bond donors (Lipinski definition) is 1. The number of allylic oxidation sites excluding steroid dienone is 2. The summed E-state index contributed by atoms with van der Waals surface area (Å²) in [6.45, 7) is 3.86. The second kappa shape index (κ2) is 6.11. The lowest BCUT2D eigenvalue weighted by Gasteiger charge is -2.30. The van der Waals surface area contributed by atoms with Crippen LogP contribution in [-0.2, 0) is 14.6 Å². The highest BCUT2D eigenvalue weighted by atomic mass is 32.2. The Morgan fingerprint density at radius 1 is 1.22 bits per heavy atom. The monoisotopic (exact) mass is 333 g/mol. The minimum atomic E-state index is -3.14. The molecule has 4 nitrogen and oxygen atoms in total. The van der Waals surface area contributed by atoms with Gasteiger partial charge in [0.05, 0.1) is 11.8 Å². The first-order valence-electron chi connectivity index (χ1n) is 8.18. The second-order valence-electron chi connectivity index (χ2n) is 6.64. The molecule has 5 heteroatoms. The molecule has 0 radical (unpaired) electrons. The summed E-state index contributed by atoms with van der Waals surface area (Å²) in [6.07, 6.45) is 2.01. The predicted octanol–water partition coefficient (Wildman–Crippen LogP) is 2.98. The van der Waals surface area contributed by atoms with Gasteiger partial charge >= 0.3 is 0 Å². The maximum atomic E-state index is 12.7. The Morgan fingerprint density at radius 3 is 2.61 bits per heavy atom. The van der Waals surface area contributed by atoms with Crippen molar-refractivity contribution in [3.8, 4) is 0 Å². The number of nitrogens with one attached hydrogen (secondary N) is 1. The van der Waals surface area contributed by atoms with Crippen LogP contribution in [-0.4, -0.2) is 20.1 Å². The molecule has 1 heterocycles. The molecular weight excluding hydrogens is 310 g/mol. The van der Waals surface area contributed by atoms with Gasteiger partial charge in [0.15, 0.2) is 9.84 Å². The minimum absolute atomic E-state index is 0.0200. The summed E-state index contributed by atoms with van der Waals surface area (Å²) in [5.41, 5.74) is 2.01. The number of amides is 1. The summed E-state index contributed by atoms with van der Waals surface area (Å²) < 4.78 is 24.5. The van der Waals surface area contributed by atoms with Crippen molar-refractivity contribution >= 4 is 15.7 Å². The van der Waals surface area contributed by atoms with Crippen molar-refractivity contribution in [1.82, 2.24) is 5.32 Å². The topological polar surface area (TPSA) is 63.2 Å². The van der Waals surface area contributed by atoms with E-state index in [-0.39, 0.29) is 29.5 Å². The van der Waals surface area contributed by atoms with E-state index in [2.05, 4.69) is 5.32 Å². The summed E-state index contributed by atoms with van der Waals surface area (Å²) >= 11 is 0. The Kier molecular flexibility index (Phi) is 4.32. The largest absolute Gasteiger partial charge is 0.349 e. The van der Waals surface area contributed by atoms with Gasteiger partial charge in [-0.1, -0.05) is 35.9 Å². The van der Waals surface area contributed by atoms with Gasteiger partial charge in [-0.15, -0.1) is 0 Å². The highest BCUT2D eigenvalue weighted by Crippen LogP contribution is 2.45. The number of benzene rings is 1. The summed E-state index contributed by atoms with van der Waals surface area (Å²) in [5.74, 6) is -0.190. The average molecular weight is 333 g/mol. The molecule has 0 saturated carbocycles. The Hall–Kier alpha value is -1.62. The molecular formula is C18H23NO3S. The summed E-state index contributed by atoms with van der Waals surface area (Å²) in [4.78, 5) is 13.3. The van der Waals surface area contributed by atoms with Gasteiger partial charge in [-0.25, -0.2) is 8.42 Å². The van der Waals surface area contributed by atoms with Crippen molar-refractivity contribution in [2.45, 2.75) is 39.2 Å². The molecule has 1 N–H and O–H groups in total. The van der Waals surface area contributed by atoms with Gasteiger partial charge in [0, 0.05) is 16.7 Å². The SMILES string of the molecule is CC1=C2C(CCS2(=O)=O)C(C(=O)N[C@@H](C)c2ccccc2)CC1. The maximum Gasteiger partial charge on any atom is 0.224 e. The molecule has 0 spiro atoms. The van der Waals surface area contributed by atoms with Crippen LogP contribution in [0.3, 0.4) is 0 Å². The van der Waals surface area contributed by atoms with Crippen LogP contribution in [0, 0.1) is 11.8 Å². The number of rotatable bonds is 3. The number of carbonyl (C=O) groups excluding carboxylic acids is 1. The number of sulfone groups is 1. The van der Waals surface area contributed by atoms with Crippen molar-refractivity contribution < 1.29 is 13.2 Å². The van der Waals surface area contributed by atoms with E-state index < -0.39 is 9.84 Å². The zero-order valence-electron chi connectivity index (χ0n) is 13.6. The third-order valence-electron chi connectivity index (χ3n) is 5.10. The second-order valence-corrected chi connectivity index (χ2v) is 8.72. The fourth-order valence-corrected chi connectivity index (χ4v) is 6.04. The van der Waals surface area contributed by atoms with Gasteiger partial charge in [0.2, 0.25) is 5.91 Å². The Morgan fingerprint density at radius 2 is 1.91 bits per heavy atom. The van der Waals surface area contributed by atoms with E-state index in [9.17, 15) is 13.2 Å². The zero-order valence-corrected chi connectivity index (χ0v) is 14.4. The van der Waals surface area contributed by atoms with E-state index in [1.165, 1.54) is 0 Å². The van der Waals surface area contributed by atoms with Crippen molar-refractivity contribution in [2.75, 3.05) is 5.75 Å². The third-order valence-corrected chi connectivity index (χ3v) is 7.20.